The second-order valence-electron chi connectivity index (χ2n) is 17.2. The second kappa shape index (κ2) is 24.7. The third-order valence-electron chi connectivity index (χ3n) is 12.8. The molecule has 0 spiro atoms. The van der Waals surface area contributed by atoms with Crippen LogP contribution in [0.3, 0.4) is 0 Å². The van der Waals surface area contributed by atoms with E-state index < -0.39 is 0 Å². The van der Waals surface area contributed by atoms with Crippen molar-refractivity contribution < 1.29 is 23.2 Å². The first-order valence-corrected chi connectivity index (χ1v) is 26.1. The van der Waals surface area contributed by atoms with Crippen LogP contribution in [-0.2, 0) is 0 Å². The molecule has 2 fully saturated rings. The standard InChI is InChI=1S/C30H29ClFN3O2.C22H23ClFN3O.BBr3/c1-33(25-14-15-34(19-25)20-29(36)22-10-6-3-7-11-22)30(37)35-18-23(26-17-24(31)12-13-27(26)32)16-28(35)21-8-4-2-5-9-21;1-26(18-9-10-25-13-18)22(28)27-14-16(19-12-17(23)7-8-20(19)24)11-21(27)15-5-3-2-4-6-15;2-1(3)4/h2-13,16-17,25,28H,14-15,18-20H2,1H3;2-8,11-12,18,21,25H,9-10,13-14H2,1H3;/t25-,28+;18-,21+;/m11./s1. The van der Waals surface area contributed by atoms with Gasteiger partial charge in [-0.05, 0) is 78.1 Å². The predicted octanol–water partition coefficient (Wildman–Crippen LogP) is 12.4. The lowest BCUT2D eigenvalue weighted by Gasteiger charge is -2.33. The summed E-state index contributed by atoms with van der Waals surface area (Å²) in [4.78, 5) is 49.1. The van der Waals surface area contributed by atoms with Crippen LogP contribution in [0.25, 0.3) is 11.1 Å². The molecule has 5 aromatic rings. The van der Waals surface area contributed by atoms with Gasteiger partial charge in [-0.15, -0.1) is 47.3 Å². The van der Waals surface area contributed by atoms with Gasteiger partial charge in [0.1, 0.15) is 11.6 Å². The largest absolute Gasteiger partial charge is 0.369 e. The van der Waals surface area contributed by atoms with Gasteiger partial charge in [0.15, 0.2) is 5.78 Å². The number of hydrogen-bond donors (Lipinski definition) is 1. The van der Waals surface area contributed by atoms with E-state index in [4.69, 9.17) is 23.2 Å². The van der Waals surface area contributed by atoms with E-state index in [2.05, 4.69) is 57.5 Å². The van der Waals surface area contributed by atoms with Gasteiger partial charge >= 0.3 is 15.2 Å². The molecule has 1 N–H and O–H groups in total. The van der Waals surface area contributed by atoms with Crippen LogP contribution in [-0.4, -0.2) is 118 Å². The van der Waals surface area contributed by atoms with Gasteiger partial charge in [0.05, 0.1) is 18.6 Å². The van der Waals surface area contributed by atoms with E-state index in [1.807, 2.05) is 122 Å². The number of halogens is 7. The number of urea groups is 2. The molecular formula is C52H52BBr3Cl2F2N6O3. The van der Waals surface area contributed by atoms with Crippen molar-refractivity contribution in [1.82, 2.24) is 29.8 Å². The molecule has 4 atom stereocenters. The summed E-state index contributed by atoms with van der Waals surface area (Å²) in [7, 11) is 3.66. The topological polar surface area (TPSA) is 79.4 Å². The number of ketones is 1. The molecule has 4 heterocycles. The van der Waals surface area contributed by atoms with Gasteiger partial charge in [0.25, 0.3) is 0 Å². The van der Waals surface area contributed by atoms with Crippen molar-refractivity contribution in [3.05, 3.63) is 189 Å². The number of likely N-dealkylation sites (N-methyl/N-ethyl adjacent to an activating group) is 2. The minimum absolute atomic E-state index is 0.0144. The zero-order chi connectivity index (χ0) is 49.2. The smallest absolute Gasteiger partial charge is 0.323 e. The number of rotatable bonds is 9. The van der Waals surface area contributed by atoms with E-state index in [9.17, 15) is 23.2 Å². The SMILES string of the molecule is BrB(Br)Br.CN(C(=O)N1CC(c2cc(Cl)ccc2F)=C[C@H]1c1ccccc1)[C@@H]1CCN(CC(=O)c2ccccc2)C1.CN(C(=O)N1CC(c2cc(Cl)ccc2F)=C[C@H]1c1ccccc1)[C@@H]1CCNC1. The molecule has 0 aliphatic carbocycles. The lowest BCUT2D eigenvalue weighted by molar-refractivity contribution is 0.0940. The maximum Gasteiger partial charge on any atom is 0.369 e. The monoisotopic (exact) mass is 1160 g/mol. The van der Waals surface area contributed by atoms with Gasteiger partial charge in [-0.1, -0.05) is 126 Å². The molecule has 9 nitrogen and oxygen atoms in total. The summed E-state index contributed by atoms with van der Waals surface area (Å²) in [5.74, 6) is -0.610. The van der Waals surface area contributed by atoms with Crippen LogP contribution >= 0.6 is 70.5 Å². The van der Waals surface area contributed by atoms with E-state index in [1.54, 1.807) is 26.8 Å². The highest BCUT2D eigenvalue weighted by Gasteiger charge is 2.38. The number of carbonyl (C=O) groups excluding carboxylic acids is 3. The molecular weight excluding hydrogens is 1120 g/mol. The number of hydrogen-bond acceptors (Lipinski definition) is 5. The Labute approximate surface area is 438 Å². The Morgan fingerprint density at radius 1 is 0.667 bits per heavy atom. The summed E-state index contributed by atoms with van der Waals surface area (Å²) >= 11 is 21.6. The van der Waals surface area contributed by atoms with E-state index in [1.165, 1.54) is 24.3 Å². The first kappa shape index (κ1) is 52.5. The third kappa shape index (κ3) is 13.5. The average Bonchev–Trinajstić information content (AvgIpc) is 4.21. The minimum atomic E-state index is -0.361. The number of nitrogens with one attached hydrogen (secondary N) is 1. The molecule has 0 unspecified atom stereocenters. The Morgan fingerprint density at radius 3 is 1.57 bits per heavy atom. The van der Waals surface area contributed by atoms with Crippen LogP contribution in [0.1, 0.15) is 57.5 Å². The van der Waals surface area contributed by atoms with Gasteiger partial charge in [-0.2, -0.15) is 0 Å². The van der Waals surface area contributed by atoms with Crippen molar-refractivity contribution in [1.29, 1.82) is 0 Å². The van der Waals surface area contributed by atoms with Gasteiger partial charge in [-0.3, -0.25) is 9.69 Å². The normalized spacial score (nSPS) is 19.7. The lowest BCUT2D eigenvalue weighted by Crippen LogP contribution is -2.47. The summed E-state index contributed by atoms with van der Waals surface area (Å²) in [5, 5.41) is 4.23. The average molecular weight is 1170 g/mol. The molecule has 4 aliphatic heterocycles. The number of nitrogens with zero attached hydrogens (tertiary/aromatic N) is 5. The number of likely N-dealkylation sites (tertiary alicyclic amines) is 1. The van der Waals surface area contributed by atoms with E-state index in [0.717, 1.165) is 54.7 Å². The molecule has 5 aromatic carbocycles. The fraction of sp³-hybridized carbons (Fsp3) is 0.288. The van der Waals surface area contributed by atoms with Crippen LogP contribution in [0, 0.1) is 11.6 Å². The van der Waals surface area contributed by atoms with Crippen molar-refractivity contribution in [2.24, 2.45) is 0 Å². The van der Waals surface area contributed by atoms with E-state index in [-0.39, 0.29) is 63.4 Å². The molecule has 0 radical (unpaired) electrons. The van der Waals surface area contributed by atoms with Crippen LogP contribution in [0.2, 0.25) is 10.0 Å². The van der Waals surface area contributed by atoms with E-state index in [0.29, 0.717) is 46.4 Å². The molecule has 0 aromatic heterocycles. The summed E-state index contributed by atoms with van der Waals surface area (Å²) in [6, 6.07) is 37.4. The van der Waals surface area contributed by atoms with Gasteiger partial charge in [-0.25, -0.2) is 18.4 Å². The molecule has 360 valence electrons. The van der Waals surface area contributed by atoms with Crippen molar-refractivity contribution >= 4 is 103 Å². The fourth-order valence-electron chi connectivity index (χ4n) is 9.17. The minimum Gasteiger partial charge on any atom is -0.323 e. The van der Waals surface area contributed by atoms with Gasteiger partial charge < -0.3 is 24.9 Å². The highest BCUT2D eigenvalue weighted by molar-refractivity contribution is 9.69. The Hall–Kier alpha value is -4.35. The van der Waals surface area contributed by atoms with Gasteiger partial charge in [0, 0.05) is 85.6 Å². The van der Waals surface area contributed by atoms with Crippen LogP contribution in [0.5, 0.6) is 0 Å². The van der Waals surface area contributed by atoms with Crippen molar-refractivity contribution in [2.45, 2.75) is 37.0 Å². The molecule has 9 rings (SSSR count). The zero-order valence-corrected chi connectivity index (χ0v) is 44.4. The third-order valence-corrected chi connectivity index (χ3v) is 13.3. The van der Waals surface area contributed by atoms with Crippen molar-refractivity contribution in [3.63, 3.8) is 0 Å². The summed E-state index contributed by atoms with van der Waals surface area (Å²) < 4.78 is 29.4. The highest BCUT2D eigenvalue weighted by Crippen LogP contribution is 2.39. The van der Waals surface area contributed by atoms with Crippen molar-refractivity contribution in [3.8, 4) is 0 Å². The second-order valence-corrected chi connectivity index (χ2v) is 24.6. The van der Waals surface area contributed by atoms with Crippen molar-refractivity contribution in [2.75, 3.05) is 59.9 Å². The number of benzene rings is 5. The first-order chi connectivity index (χ1) is 33.2. The van der Waals surface area contributed by atoms with Crippen LogP contribution < -0.4 is 5.32 Å². The van der Waals surface area contributed by atoms with E-state index >= 15 is 0 Å². The van der Waals surface area contributed by atoms with Crippen LogP contribution in [0.4, 0.5) is 18.4 Å². The Bertz CT molecular complexity index is 2630. The summed E-state index contributed by atoms with van der Waals surface area (Å²) in [6.45, 7) is 4.06. The molecule has 17 heteroatoms. The molecule has 4 aliphatic rings. The summed E-state index contributed by atoms with van der Waals surface area (Å²) in [6.07, 6.45) is 5.66. The summed E-state index contributed by atoms with van der Waals surface area (Å²) in [5.41, 5.74) is 5.04. The molecule has 4 amide bonds. The highest BCUT2D eigenvalue weighted by atomic mass is 79.9. The maximum atomic E-state index is 14.7. The quantitative estimate of drug-likeness (QED) is 0.118. The van der Waals surface area contributed by atoms with Crippen LogP contribution in [0.15, 0.2) is 140 Å². The molecule has 0 bridgehead atoms. The molecule has 69 heavy (non-hydrogen) atoms. The van der Waals surface area contributed by atoms with Gasteiger partial charge in [0.2, 0.25) is 0 Å². The maximum absolute atomic E-state index is 14.7. The lowest BCUT2D eigenvalue weighted by atomic mass is 10.0. The molecule has 2 saturated heterocycles. The predicted molar refractivity (Wildman–Crippen MR) is 286 cm³/mol. The number of amides is 4. The number of Topliss-reactive ketones (excluding diaryl/α,β-unsaturated/α-hetero) is 1. The fourth-order valence-corrected chi connectivity index (χ4v) is 9.52. The Morgan fingerprint density at radius 2 is 1.12 bits per heavy atom. The first-order valence-electron chi connectivity index (χ1n) is 22.6. The Balaban J connectivity index is 0.000000195. The zero-order valence-electron chi connectivity index (χ0n) is 38.1. The molecule has 0 saturated carbocycles. The number of carbonyl (C=O) groups is 3. The Kier molecular flexibility index (Phi) is 18.8.